The first-order valence-corrected chi connectivity index (χ1v) is 31.9. The fourth-order valence-corrected chi connectivity index (χ4v) is 10.7. The number of aromatic hydroxyl groups is 1. The lowest BCUT2D eigenvalue weighted by Gasteiger charge is -2.39. The monoisotopic (exact) mass is 1330 g/mol. The largest absolute Gasteiger partial charge is 0.508 e. The molecule has 95 heavy (non-hydrogen) atoms. The second kappa shape index (κ2) is 41.3. The number of carboxylic acids is 4. The molecular weight excluding hydrogens is 1240 g/mol. The van der Waals surface area contributed by atoms with Gasteiger partial charge < -0.3 is 77.7 Å². The van der Waals surface area contributed by atoms with Crippen LogP contribution >= 0.6 is 0 Å². The number of ether oxygens (including phenoxy) is 1. The van der Waals surface area contributed by atoms with Crippen molar-refractivity contribution in [2.24, 2.45) is 10.7 Å². The molecule has 3 aromatic carbocycles. The quantitative estimate of drug-likeness (QED) is 0.0204. The summed E-state index contributed by atoms with van der Waals surface area (Å²) in [5, 5.41) is 64.8. The number of hydrogen-bond donors (Lipinski definition) is 12. The molecule has 2 heterocycles. The summed E-state index contributed by atoms with van der Waals surface area (Å²) in [7, 11) is 0. The molecule has 31 nitrogen and oxygen atoms in total. The van der Waals surface area contributed by atoms with E-state index in [1.807, 2.05) is 11.0 Å². The van der Waals surface area contributed by atoms with Gasteiger partial charge in [-0.2, -0.15) is 4.99 Å². The topological polar surface area (TPSA) is 428 Å². The number of hydrogen-bond acceptors (Lipinski definition) is 17. The number of unbranched alkanes of at least 4 members (excludes halogenated alkanes) is 1. The van der Waals surface area contributed by atoms with Gasteiger partial charge in [0, 0.05) is 123 Å². The molecule has 5 rings (SSSR count). The molecule has 13 N–H and O–H groups in total. The highest BCUT2D eigenvalue weighted by molar-refractivity contribution is 5.93. The van der Waals surface area contributed by atoms with Crippen molar-refractivity contribution in [1.29, 1.82) is 0 Å². The Morgan fingerprint density at radius 1 is 0.589 bits per heavy atom. The van der Waals surface area contributed by atoms with Gasteiger partial charge in [-0.05, 0) is 79.5 Å². The van der Waals surface area contributed by atoms with Crippen molar-refractivity contribution in [3.63, 3.8) is 0 Å². The third kappa shape index (κ3) is 29.6. The SMILES string of the molecule is CCC(=O)NCCNC(=O)/N=C(/N)NCCC[C@@H](NC(=O)[C@@H](c1ccccc1)c1cccc(OCCCCNC(=O)CCC(=O)N(CC(=O)O)C2CCN(C(=O)CN3CCN(CC(=O)O)CCN(CC(=O)O)CCN(CC(=O)O)CC3)CC2)c1)C(=O)NCc1ccc(O)cc1. The normalized spacial score (nSPS) is 15.5. The van der Waals surface area contributed by atoms with Gasteiger partial charge in [-0.3, -0.25) is 67.5 Å². The number of rotatable bonds is 35. The highest BCUT2D eigenvalue weighted by atomic mass is 16.5. The Morgan fingerprint density at radius 2 is 1.15 bits per heavy atom. The minimum atomic E-state index is -1.24. The summed E-state index contributed by atoms with van der Waals surface area (Å²) < 4.78 is 6.11. The molecule has 0 spiro atoms. The van der Waals surface area contributed by atoms with Crippen molar-refractivity contribution < 1.29 is 83.0 Å². The lowest BCUT2D eigenvalue weighted by Crippen LogP contribution is -2.53. The number of aliphatic carboxylic acids is 4. The number of nitrogens with two attached hydrogens (primary N) is 1. The van der Waals surface area contributed by atoms with E-state index in [9.17, 15) is 78.3 Å². The third-order valence-corrected chi connectivity index (χ3v) is 15.8. The maximum absolute atomic E-state index is 14.5. The van der Waals surface area contributed by atoms with Crippen molar-refractivity contribution in [1.82, 2.24) is 61.3 Å². The zero-order valence-corrected chi connectivity index (χ0v) is 53.8. The summed E-state index contributed by atoms with van der Waals surface area (Å²) in [4.78, 5) is 153. The molecule has 2 saturated heterocycles. The highest BCUT2D eigenvalue weighted by Gasteiger charge is 2.33. The number of benzene rings is 3. The van der Waals surface area contributed by atoms with E-state index in [-0.39, 0.29) is 187 Å². The fraction of sp³-hybridized carbons (Fsp3) is 0.531. The molecule has 0 saturated carbocycles. The minimum Gasteiger partial charge on any atom is -0.508 e. The van der Waals surface area contributed by atoms with Gasteiger partial charge in [-0.1, -0.05) is 61.5 Å². The van der Waals surface area contributed by atoms with E-state index in [0.29, 0.717) is 48.1 Å². The zero-order valence-electron chi connectivity index (χ0n) is 53.8. The molecule has 2 aliphatic heterocycles. The van der Waals surface area contributed by atoms with Gasteiger partial charge >= 0.3 is 29.9 Å². The van der Waals surface area contributed by atoms with Gasteiger partial charge in [-0.25, -0.2) is 4.79 Å². The predicted octanol–water partition coefficient (Wildman–Crippen LogP) is -0.319. The average molecular weight is 1330 g/mol. The lowest BCUT2D eigenvalue weighted by molar-refractivity contribution is -0.148. The van der Waals surface area contributed by atoms with Crippen molar-refractivity contribution >= 4 is 71.3 Å². The summed E-state index contributed by atoms with van der Waals surface area (Å²) in [5.74, 6) is -7.31. The van der Waals surface area contributed by atoms with Gasteiger partial charge in [0.1, 0.15) is 24.1 Å². The fourth-order valence-electron chi connectivity index (χ4n) is 10.7. The Bertz CT molecular complexity index is 3010. The number of nitrogens with one attached hydrogen (secondary N) is 6. The van der Waals surface area contributed by atoms with E-state index < -0.39 is 78.1 Å². The molecule has 0 aromatic heterocycles. The van der Waals surface area contributed by atoms with E-state index >= 15 is 0 Å². The number of phenolic OH excluding ortho intramolecular Hbond substituents is 1. The summed E-state index contributed by atoms with van der Waals surface area (Å²) in [5.41, 5.74) is 7.87. The van der Waals surface area contributed by atoms with Crippen LogP contribution in [0.1, 0.15) is 87.3 Å². The molecule has 0 unspecified atom stereocenters. The number of urea groups is 1. The maximum atomic E-state index is 14.5. The number of aliphatic imine (C=N–C) groups is 1. The number of carbonyl (C=O) groups excluding carboxylic acids is 7. The van der Waals surface area contributed by atoms with Crippen LogP contribution in [0.25, 0.3) is 0 Å². The van der Waals surface area contributed by atoms with Gasteiger partial charge in [0.05, 0.1) is 38.7 Å². The number of amides is 8. The number of nitrogens with zero attached hydrogens (tertiary/aromatic N) is 7. The average Bonchev–Trinajstić information content (AvgIpc) is 0.963. The van der Waals surface area contributed by atoms with Crippen LogP contribution in [0.3, 0.4) is 0 Å². The Labute approximate surface area is 551 Å². The highest BCUT2D eigenvalue weighted by Crippen LogP contribution is 2.29. The molecule has 2 atom stereocenters. The standard InChI is InChI=1S/C64H92N14O17/c1-2-52(80)67-25-26-69-64(94)72-63(65)68-24-9-14-51(61(92)70-39-45-15-17-49(79)18-16-45)71-62(93)60(46-10-4-3-5-11-46)47-12-8-13-50(38-47)95-37-7-6-23-66-53(81)19-20-54(82)78(44-59(90)91)48-21-27-77(28-22-48)55(83)40-73-29-31-74(41-56(84)85)33-35-76(43-58(88)89)36-34-75(32-30-73)42-57(86)87/h3-5,8,10-13,15-18,38,48,51,60,79H,2,6-7,9,14,19-37,39-44H2,1H3,(H,66,81)(H,67,80)(H,70,92)(H,71,93)(H,84,85)(H,86,87)(H,88,89)(H,90,91)(H4,65,68,69,72,94)/t51-,60+/m1/s1. The van der Waals surface area contributed by atoms with E-state index in [4.69, 9.17) is 10.5 Å². The molecular formula is C64H92N14O17. The van der Waals surface area contributed by atoms with Crippen LogP contribution in [0, 0.1) is 0 Å². The van der Waals surface area contributed by atoms with Crippen LogP contribution in [0.5, 0.6) is 11.5 Å². The summed E-state index contributed by atoms with van der Waals surface area (Å²) in [6, 6.07) is 20.0. The van der Waals surface area contributed by atoms with Crippen LogP contribution < -0.4 is 42.4 Å². The van der Waals surface area contributed by atoms with Crippen LogP contribution in [0.15, 0.2) is 83.9 Å². The third-order valence-electron chi connectivity index (χ3n) is 15.8. The summed E-state index contributed by atoms with van der Waals surface area (Å²) >= 11 is 0. The number of carbonyl (C=O) groups is 11. The molecule has 3 aromatic rings. The van der Waals surface area contributed by atoms with E-state index in [2.05, 4.69) is 36.9 Å². The van der Waals surface area contributed by atoms with Crippen LogP contribution in [0.4, 0.5) is 4.79 Å². The Hall–Kier alpha value is -9.46. The molecule has 31 heteroatoms. The first-order chi connectivity index (χ1) is 45.5. The molecule has 520 valence electrons. The first-order valence-electron chi connectivity index (χ1n) is 31.9. The predicted molar refractivity (Wildman–Crippen MR) is 347 cm³/mol. The second-order valence-electron chi connectivity index (χ2n) is 23.1. The lowest BCUT2D eigenvalue weighted by atomic mass is 9.90. The van der Waals surface area contributed by atoms with E-state index in [1.54, 1.807) is 87.2 Å². The molecule has 0 aliphatic carbocycles. The van der Waals surface area contributed by atoms with Crippen molar-refractivity contribution in [3.8, 4) is 11.5 Å². The molecule has 0 bridgehead atoms. The van der Waals surface area contributed by atoms with Crippen molar-refractivity contribution in [2.45, 2.75) is 89.3 Å². The Kier molecular flexibility index (Phi) is 33.1. The number of guanidine groups is 1. The first kappa shape index (κ1) is 76.3. The Morgan fingerprint density at radius 3 is 1.73 bits per heavy atom. The minimum absolute atomic E-state index is 0.0606. The van der Waals surface area contributed by atoms with Gasteiger partial charge in [0.2, 0.25) is 35.4 Å². The molecule has 2 aliphatic rings. The van der Waals surface area contributed by atoms with Crippen LogP contribution in [-0.2, 0) is 54.5 Å². The van der Waals surface area contributed by atoms with Crippen LogP contribution in [-0.4, -0.2) is 269 Å². The number of likely N-dealkylation sites (tertiary alicyclic amines) is 1. The Balaban J connectivity index is 1.10. The summed E-state index contributed by atoms with van der Waals surface area (Å²) in [6.45, 7) is 3.53. The van der Waals surface area contributed by atoms with Crippen LogP contribution in [0.2, 0.25) is 0 Å². The number of phenols is 1. The van der Waals surface area contributed by atoms with E-state index in [1.165, 1.54) is 17.0 Å². The second-order valence-corrected chi connectivity index (χ2v) is 23.1. The number of piperidine rings is 1. The van der Waals surface area contributed by atoms with Gasteiger partial charge in [-0.15, -0.1) is 0 Å². The molecule has 0 radical (unpaired) electrons. The van der Waals surface area contributed by atoms with Crippen molar-refractivity contribution in [2.75, 3.05) is 131 Å². The van der Waals surface area contributed by atoms with E-state index in [0.717, 1.165) is 0 Å². The molecule has 2 fully saturated rings. The molecule has 8 amide bonds. The smallest absolute Gasteiger partial charge is 0.344 e. The van der Waals surface area contributed by atoms with Crippen molar-refractivity contribution in [3.05, 3.63) is 95.6 Å². The summed E-state index contributed by atoms with van der Waals surface area (Å²) in [6.07, 6.45) is 1.85. The zero-order chi connectivity index (χ0) is 69.1. The maximum Gasteiger partial charge on any atom is 0.344 e. The number of carboxylic acid groups (broad SMARTS) is 4. The van der Waals surface area contributed by atoms with Gasteiger partial charge in [0.25, 0.3) is 0 Å². The van der Waals surface area contributed by atoms with Gasteiger partial charge in [0.15, 0.2) is 5.96 Å².